The molecule has 3 aromatic carbocycles. The summed E-state index contributed by atoms with van der Waals surface area (Å²) in [4.78, 5) is 33.6. The Bertz CT molecular complexity index is 1350. The fourth-order valence-corrected chi connectivity index (χ4v) is 5.99. The molecule has 6 nitrogen and oxygen atoms in total. The van der Waals surface area contributed by atoms with Crippen molar-refractivity contribution >= 4 is 17.8 Å². The van der Waals surface area contributed by atoms with E-state index in [-0.39, 0.29) is 36.3 Å². The average Bonchev–Trinajstić information content (AvgIpc) is 3.35. The number of aryl methyl sites for hydroxylation is 1. The maximum Gasteiger partial charge on any atom is 0.251 e. The Hall–Kier alpha value is -3.93. The van der Waals surface area contributed by atoms with Crippen LogP contribution < -0.4 is 11.1 Å². The maximum absolute atomic E-state index is 13.7. The van der Waals surface area contributed by atoms with E-state index < -0.39 is 5.54 Å². The first-order valence-electron chi connectivity index (χ1n) is 13.7. The zero-order valence-electron chi connectivity index (χ0n) is 22.2. The summed E-state index contributed by atoms with van der Waals surface area (Å²) in [6, 6.07) is 25.5. The van der Waals surface area contributed by atoms with Crippen molar-refractivity contribution in [1.82, 2.24) is 10.2 Å². The summed E-state index contributed by atoms with van der Waals surface area (Å²) in [7, 11) is 0. The molecule has 5 rings (SSSR count). The van der Waals surface area contributed by atoms with Crippen LogP contribution in [0.4, 0.5) is 0 Å². The molecule has 0 radical (unpaired) electrons. The van der Waals surface area contributed by atoms with Gasteiger partial charge in [-0.1, -0.05) is 87.0 Å². The molecular formula is C32H36N4O2. The molecule has 0 saturated carbocycles. The van der Waals surface area contributed by atoms with Gasteiger partial charge in [-0.25, -0.2) is 4.99 Å². The zero-order valence-corrected chi connectivity index (χ0v) is 22.2. The molecule has 0 saturated heterocycles. The van der Waals surface area contributed by atoms with Crippen LogP contribution in [0.25, 0.3) is 0 Å². The van der Waals surface area contributed by atoms with E-state index in [0.717, 1.165) is 30.4 Å². The number of rotatable bonds is 8. The first kappa shape index (κ1) is 25.7. The van der Waals surface area contributed by atoms with E-state index in [0.29, 0.717) is 18.4 Å². The van der Waals surface area contributed by atoms with Crippen molar-refractivity contribution in [3.05, 3.63) is 107 Å². The van der Waals surface area contributed by atoms with Crippen LogP contribution in [0.15, 0.2) is 83.9 Å². The lowest BCUT2D eigenvalue weighted by Gasteiger charge is -2.40. The van der Waals surface area contributed by atoms with Crippen LogP contribution in [0.3, 0.4) is 0 Å². The molecule has 1 heterocycles. The highest BCUT2D eigenvalue weighted by atomic mass is 16.2. The normalized spacial score (nSPS) is 21.5. The van der Waals surface area contributed by atoms with E-state index in [1.807, 2.05) is 73.7 Å². The quantitative estimate of drug-likeness (QED) is 0.403. The summed E-state index contributed by atoms with van der Waals surface area (Å²) in [5, 5.41) is 3.22. The van der Waals surface area contributed by atoms with Gasteiger partial charge in [-0.15, -0.1) is 0 Å². The van der Waals surface area contributed by atoms with Gasteiger partial charge in [0.05, 0.1) is 24.0 Å². The van der Waals surface area contributed by atoms with Gasteiger partial charge < -0.3 is 11.1 Å². The van der Waals surface area contributed by atoms with Crippen molar-refractivity contribution in [2.75, 3.05) is 0 Å². The van der Waals surface area contributed by atoms with Crippen molar-refractivity contribution in [2.24, 2.45) is 10.7 Å². The number of guanidine groups is 1. The summed E-state index contributed by atoms with van der Waals surface area (Å²) < 4.78 is 0. The largest absolute Gasteiger partial charge is 0.369 e. The van der Waals surface area contributed by atoms with E-state index in [4.69, 9.17) is 10.7 Å². The molecule has 3 N–H and O–H groups in total. The lowest BCUT2D eigenvalue weighted by molar-refractivity contribution is -0.131. The number of carbonyl (C=O) groups excluding carboxylic acids is 2. The second-order valence-corrected chi connectivity index (χ2v) is 10.4. The fourth-order valence-electron chi connectivity index (χ4n) is 5.99. The molecule has 0 fully saturated rings. The van der Waals surface area contributed by atoms with Crippen LogP contribution in [-0.2, 0) is 16.8 Å². The van der Waals surface area contributed by atoms with E-state index >= 15 is 0 Å². The lowest BCUT2D eigenvalue weighted by Crippen LogP contribution is -2.51. The van der Waals surface area contributed by atoms with E-state index in [1.165, 1.54) is 11.1 Å². The van der Waals surface area contributed by atoms with Gasteiger partial charge >= 0.3 is 0 Å². The maximum atomic E-state index is 13.7. The monoisotopic (exact) mass is 508 g/mol. The second-order valence-electron chi connectivity index (χ2n) is 10.4. The first-order valence-corrected chi connectivity index (χ1v) is 13.7. The minimum absolute atomic E-state index is 0.0143. The molecule has 196 valence electrons. The highest BCUT2D eigenvalue weighted by Gasteiger charge is 2.42. The van der Waals surface area contributed by atoms with E-state index in [1.54, 1.807) is 4.90 Å². The number of hydrogen-bond donors (Lipinski definition) is 2. The number of carbonyl (C=O) groups is 2. The Morgan fingerprint density at radius 2 is 1.84 bits per heavy atom. The van der Waals surface area contributed by atoms with Gasteiger partial charge in [0.25, 0.3) is 5.91 Å². The molecule has 1 aliphatic carbocycles. The molecule has 6 heteroatoms. The number of benzene rings is 3. The standard InChI is InChI=1S/C32H36N4O2/c1-3-11-28(36-29(37)21-32(4-2,35-31(36)33)25-15-6-5-7-16-25)23-13-10-14-24(20-23)30(38)34-27-19-18-22-12-8-9-17-26(22)27/h5-10,12-17,20,27-28H,3-4,11,18-19,21H2,1-2H3,(H2,33,35)(H,34,38)/t27-,28+,32+/m0/s1. The first-order chi connectivity index (χ1) is 18.5. The predicted octanol–water partition coefficient (Wildman–Crippen LogP) is 5.80. The van der Waals surface area contributed by atoms with Gasteiger partial charge in [0.15, 0.2) is 5.96 Å². The van der Waals surface area contributed by atoms with E-state index in [2.05, 4.69) is 24.4 Å². The molecule has 3 atom stereocenters. The third-order valence-corrected chi connectivity index (χ3v) is 8.03. The van der Waals surface area contributed by atoms with Crippen molar-refractivity contribution < 1.29 is 9.59 Å². The Morgan fingerprint density at radius 3 is 2.58 bits per heavy atom. The summed E-state index contributed by atoms with van der Waals surface area (Å²) in [6.07, 6.45) is 4.38. The topological polar surface area (TPSA) is 87.8 Å². The Labute approximate surface area is 225 Å². The Morgan fingerprint density at radius 1 is 1.08 bits per heavy atom. The van der Waals surface area contributed by atoms with Crippen molar-refractivity contribution in [3.8, 4) is 0 Å². The van der Waals surface area contributed by atoms with Crippen LogP contribution in [0.1, 0.15) is 90.6 Å². The molecule has 38 heavy (non-hydrogen) atoms. The number of nitrogens with two attached hydrogens (primary N) is 1. The molecule has 0 spiro atoms. The van der Waals surface area contributed by atoms with Crippen molar-refractivity contribution in [1.29, 1.82) is 0 Å². The summed E-state index contributed by atoms with van der Waals surface area (Å²) in [5.74, 6) is 0.0892. The fraction of sp³-hybridized carbons (Fsp3) is 0.344. The number of fused-ring (bicyclic) bond motifs is 1. The SMILES string of the molecule is CCC[C@H](c1cccc(C(=O)N[C@H]2CCc3ccccc32)c1)N1C(=O)C[C@](CC)(c2ccccc2)N=C1N. The van der Waals surface area contributed by atoms with Gasteiger partial charge in [-0.05, 0) is 60.1 Å². The number of hydrogen-bond acceptors (Lipinski definition) is 4. The van der Waals surface area contributed by atoms with Gasteiger partial charge in [-0.2, -0.15) is 0 Å². The predicted molar refractivity (Wildman–Crippen MR) is 151 cm³/mol. The minimum atomic E-state index is -0.658. The second kappa shape index (κ2) is 10.8. The van der Waals surface area contributed by atoms with Gasteiger partial charge in [0, 0.05) is 5.56 Å². The molecule has 2 aliphatic rings. The summed E-state index contributed by atoms with van der Waals surface area (Å²) >= 11 is 0. The summed E-state index contributed by atoms with van der Waals surface area (Å²) in [6.45, 7) is 4.13. The number of amides is 2. The van der Waals surface area contributed by atoms with Crippen LogP contribution in [0.2, 0.25) is 0 Å². The average molecular weight is 509 g/mol. The van der Waals surface area contributed by atoms with E-state index in [9.17, 15) is 9.59 Å². The smallest absolute Gasteiger partial charge is 0.251 e. The molecule has 2 amide bonds. The molecule has 1 aliphatic heterocycles. The Balaban J connectivity index is 1.42. The number of aliphatic imine (C=N–C) groups is 1. The van der Waals surface area contributed by atoms with Crippen LogP contribution >= 0.6 is 0 Å². The number of nitrogens with one attached hydrogen (secondary N) is 1. The molecule has 0 aromatic heterocycles. The van der Waals surface area contributed by atoms with Crippen LogP contribution in [-0.4, -0.2) is 22.7 Å². The lowest BCUT2D eigenvalue weighted by atomic mass is 9.82. The van der Waals surface area contributed by atoms with Gasteiger partial charge in [0.2, 0.25) is 5.91 Å². The molecule has 0 bridgehead atoms. The van der Waals surface area contributed by atoms with Gasteiger partial charge in [-0.3, -0.25) is 14.5 Å². The zero-order chi connectivity index (χ0) is 26.7. The highest BCUT2D eigenvalue weighted by Crippen LogP contribution is 2.40. The third kappa shape index (κ3) is 4.83. The molecule has 3 aromatic rings. The third-order valence-electron chi connectivity index (χ3n) is 8.03. The minimum Gasteiger partial charge on any atom is -0.369 e. The molecule has 0 unspecified atom stereocenters. The van der Waals surface area contributed by atoms with Crippen molar-refractivity contribution in [3.63, 3.8) is 0 Å². The highest BCUT2D eigenvalue weighted by molar-refractivity contribution is 6.00. The Kier molecular flexibility index (Phi) is 7.32. The van der Waals surface area contributed by atoms with Crippen LogP contribution in [0, 0.1) is 0 Å². The molecular weight excluding hydrogens is 472 g/mol. The van der Waals surface area contributed by atoms with Crippen LogP contribution in [0.5, 0.6) is 0 Å². The van der Waals surface area contributed by atoms with Crippen molar-refractivity contribution in [2.45, 2.75) is 70.0 Å². The summed E-state index contributed by atoms with van der Waals surface area (Å²) in [5.41, 5.74) is 10.9. The number of nitrogens with zero attached hydrogens (tertiary/aromatic N) is 2. The van der Waals surface area contributed by atoms with Gasteiger partial charge in [0.1, 0.15) is 0 Å².